The highest BCUT2D eigenvalue weighted by molar-refractivity contribution is 8.00. The molecule has 0 spiro atoms. The number of aliphatic hydroxyl groups excluding tert-OH is 1. The molecule has 1 N–H and O–H groups in total. The molecule has 1 atom stereocenters. The lowest BCUT2D eigenvalue weighted by atomic mass is 10.3. The maximum absolute atomic E-state index is 11.4. The lowest BCUT2D eigenvalue weighted by Gasteiger charge is -2.20. The maximum Gasteiger partial charge on any atom is 0.232 e. The zero-order chi connectivity index (χ0) is 11.7. The molecule has 0 aliphatic heterocycles. The first kappa shape index (κ1) is 14.2. The molecule has 0 aliphatic rings. The van der Waals surface area contributed by atoms with Gasteiger partial charge in [-0.1, -0.05) is 0 Å². The number of rotatable bonds is 7. The Hall–Kier alpha value is -0.770. The number of nitrogens with zero attached hydrogens (tertiary/aromatic N) is 2. The Morgan fingerprint density at radius 1 is 1.73 bits per heavy atom. The summed E-state index contributed by atoms with van der Waals surface area (Å²) in [6.07, 6.45) is -0.662. The topological polar surface area (TPSA) is 73.6 Å². The molecule has 0 radical (unpaired) electrons. The largest absolute Gasteiger partial charge is 0.389 e. The van der Waals surface area contributed by atoms with Crippen molar-refractivity contribution >= 4 is 17.7 Å². The third-order valence-corrected chi connectivity index (χ3v) is 2.45. The minimum Gasteiger partial charge on any atom is -0.389 e. The fraction of sp³-hybridized carbons (Fsp3) is 0.778. The van der Waals surface area contributed by atoms with E-state index in [1.165, 1.54) is 23.8 Å². The van der Waals surface area contributed by atoms with E-state index in [1.807, 2.05) is 6.07 Å². The van der Waals surface area contributed by atoms with Crippen LogP contribution in [-0.4, -0.2) is 60.8 Å². The van der Waals surface area contributed by atoms with E-state index in [-0.39, 0.29) is 24.8 Å². The van der Waals surface area contributed by atoms with Crippen molar-refractivity contribution < 1.29 is 14.6 Å². The van der Waals surface area contributed by atoms with E-state index in [4.69, 9.17) is 10.00 Å². The van der Waals surface area contributed by atoms with Gasteiger partial charge in [-0.15, -0.1) is 11.8 Å². The van der Waals surface area contributed by atoms with Crippen LogP contribution in [0.4, 0.5) is 0 Å². The molecule has 6 heteroatoms. The van der Waals surface area contributed by atoms with Crippen LogP contribution in [0.2, 0.25) is 0 Å². The van der Waals surface area contributed by atoms with E-state index in [1.54, 1.807) is 7.05 Å². The van der Waals surface area contributed by atoms with Crippen molar-refractivity contribution in [3.05, 3.63) is 0 Å². The molecular formula is C9H16N2O3S. The molecule has 86 valence electrons. The summed E-state index contributed by atoms with van der Waals surface area (Å²) in [6, 6.07) is 1.95. The summed E-state index contributed by atoms with van der Waals surface area (Å²) in [4.78, 5) is 12.8. The van der Waals surface area contributed by atoms with Gasteiger partial charge in [-0.05, 0) is 0 Å². The SMILES string of the molecule is COCC(O)CN(C)C(=O)CSCC#N. The van der Waals surface area contributed by atoms with Crippen LogP contribution in [0.3, 0.4) is 0 Å². The summed E-state index contributed by atoms with van der Waals surface area (Å²) < 4.78 is 4.75. The molecule has 0 aromatic rings. The number of carbonyl (C=O) groups excluding carboxylic acids is 1. The van der Waals surface area contributed by atoms with Gasteiger partial charge in [0.25, 0.3) is 0 Å². The highest BCUT2D eigenvalue weighted by Gasteiger charge is 2.13. The normalized spacial score (nSPS) is 11.9. The Kier molecular flexibility index (Phi) is 8.09. The minimum absolute atomic E-state index is 0.0922. The van der Waals surface area contributed by atoms with Gasteiger partial charge in [0.2, 0.25) is 5.91 Å². The summed E-state index contributed by atoms with van der Waals surface area (Å²) in [7, 11) is 3.11. The standard InChI is InChI=1S/C9H16N2O3S/c1-11(5-8(12)6-14-2)9(13)7-15-4-3-10/h8,12H,4-7H2,1-2H3. The van der Waals surface area contributed by atoms with Gasteiger partial charge in [-0.3, -0.25) is 4.79 Å². The van der Waals surface area contributed by atoms with Crippen LogP contribution < -0.4 is 0 Å². The van der Waals surface area contributed by atoms with Crippen LogP contribution in [0.15, 0.2) is 0 Å². The number of ether oxygens (including phenoxy) is 1. The average Bonchev–Trinajstić information content (AvgIpc) is 2.18. The van der Waals surface area contributed by atoms with Gasteiger partial charge < -0.3 is 14.7 Å². The summed E-state index contributed by atoms with van der Waals surface area (Å²) in [5.41, 5.74) is 0. The van der Waals surface area contributed by atoms with Gasteiger partial charge >= 0.3 is 0 Å². The van der Waals surface area contributed by atoms with E-state index in [2.05, 4.69) is 0 Å². The van der Waals surface area contributed by atoms with E-state index >= 15 is 0 Å². The second kappa shape index (κ2) is 8.53. The van der Waals surface area contributed by atoms with Gasteiger partial charge in [-0.25, -0.2) is 0 Å². The van der Waals surface area contributed by atoms with Crippen LogP contribution in [0.1, 0.15) is 0 Å². The smallest absolute Gasteiger partial charge is 0.232 e. The summed E-state index contributed by atoms with van der Waals surface area (Å²) in [5, 5.41) is 17.6. The van der Waals surface area contributed by atoms with Gasteiger partial charge in [0.15, 0.2) is 0 Å². The molecule has 15 heavy (non-hydrogen) atoms. The Morgan fingerprint density at radius 2 is 2.40 bits per heavy atom. The molecule has 0 aromatic carbocycles. The zero-order valence-corrected chi connectivity index (χ0v) is 9.79. The highest BCUT2D eigenvalue weighted by atomic mass is 32.2. The molecule has 0 bridgehead atoms. The lowest BCUT2D eigenvalue weighted by Crippen LogP contribution is -2.37. The first-order valence-electron chi connectivity index (χ1n) is 4.47. The first-order chi connectivity index (χ1) is 7.11. The van der Waals surface area contributed by atoms with Crippen molar-refractivity contribution in [2.45, 2.75) is 6.10 Å². The number of hydrogen-bond acceptors (Lipinski definition) is 5. The molecule has 0 fully saturated rings. The molecule has 0 saturated carbocycles. The monoisotopic (exact) mass is 232 g/mol. The summed E-state index contributed by atoms with van der Waals surface area (Å²) in [5.74, 6) is 0.481. The molecule has 0 heterocycles. The zero-order valence-electron chi connectivity index (χ0n) is 8.97. The number of likely N-dealkylation sites (N-methyl/N-ethyl adjacent to an activating group) is 1. The van der Waals surface area contributed by atoms with E-state index in [0.29, 0.717) is 5.75 Å². The van der Waals surface area contributed by atoms with Gasteiger partial charge in [0.1, 0.15) is 0 Å². The van der Waals surface area contributed by atoms with E-state index < -0.39 is 6.10 Å². The highest BCUT2D eigenvalue weighted by Crippen LogP contribution is 2.01. The predicted molar refractivity (Wildman–Crippen MR) is 58.5 cm³/mol. The van der Waals surface area contributed by atoms with Crippen molar-refractivity contribution in [2.75, 3.05) is 38.8 Å². The Labute approximate surface area is 94.0 Å². The summed E-state index contributed by atoms with van der Waals surface area (Å²) >= 11 is 1.26. The van der Waals surface area contributed by atoms with Gasteiger partial charge in [0.05, 0.1) is 30.3 Å². The Morgan fingerprint density at radius 3 is 2.93 bits per heavy atom. The van der Waals surface area contributed by atoms with Crippen LogP contribution in [0.5, 0.6) is 0 Å². The number of carbonyl (C=O) groups is 1. The molecule has 0 saturated heterocycles. The van der Waals surface area contributed by atoms with Crippen LogP contribution in [0.25, 0.3) is 0 Å². The van der Waals surface area contributed by atoms with Crippen LogP contribution in [0, 0.1) is 11.3 Å². The van der Waals surface area contributed by atoms with Crippen molar-refractivity contribution in [2.24, 2.45) is 0 Å². The fourth-order valence-electron chi connectivity index (χ4n) is 0.957. The molecule has 0 aliphatic carbocycles. The second-order valence-electron chi connectivity index (χ2n) is 3.03. The predicted octanol–water partition coefficient (Wildman–Crippen LogP) is -0.291. The maximum atomic E-state index is 11.4. The molecule has 5 nitrogen and oxygen atoms in total. The third-order valence-electron chi connectivity index (χ3n) is 1.66. The third kappa shape index (κ3) is 7.19. The molecule has 1 amide bonds. The van der Waals surface area contributed by atoms with Crippen molar-refractivity contribution in [1.82, 2.24) is 4.90 Å². The molecule has 0 aromatic heterocycles. The second-order valence-corrected chi connectivity index (χ2v) is 4.02. The van der Waals surface area contributed by atoms with E-state index in [9.17, 15) is 9.90 Å². The van der Waals surface area contributed by atoms with Gasteiger partial charge in [0, 0.05) is 20.7 Å². The number of hydrogen-bond donors (Lipinski definition) is 1. The number of aliphatic hydroxyl groups is 1. The quantitative estimate of drug-likeness (QED) is 0.611. The fourth-order valence-corrected chi connectivity index (χ4v) is 1.55. The number of methoxy groups -OCH3 is 1. The molecular weight excluding hydrogens is 216 g/mol. The lowest BCUT2D eigenvalue weighted by molar-refractivity contribution is -0.128. The first-order valence-corrected chi connectivity index (χ1v) is 5.63. The average molecular weight is 232 g/mol. The number of thioether (sulfide) groups is 1. The minimum atomic E-state index is -0.662. The summed E-state index contributed by atoms with van der Waals surface area (Å²) in [6.45, 7) is 0.461. The van der Waals surface area contributed by atoms with Crippen molar-refractivity contribution in [3.63, 3.8) is 0 Å². The number of amides is 1. The van der Waals surface area contributed by atoms with Gasteiger partial charge in [-0.2, -0.15) is 5.26 Å². The molecule has 1 unspecified atom stereocenters. The van der Waals surface area contributed by atoms with Crippen molar-refractivity contribution in [1.29, 1.82) is 5.26 Å². The van der Waals surface area contributed by atoms with Crippen LogP contribution in [-0.2, 0) is 9.53 Å². The number of nitriles is 1. The van der Waals surface area contributed by atoms with Crippen LogP contribution >= 0.6 is 11.8 Å². The Balaban J connectivity index is 3.73. The molecule has 0 rings (SSSR count). The Bertz CT molecular complexity index is 230. The van der Waals surface area contributed by atoms with E-state index in [0.717, 1.165) is 0 Å². The van der Waals surface area contributed by atoms with Crippen molar-refractivity contribution in [3.8, 4) is 6.07 Å².